The molecule has 2 nitrogen and oxygen atoms in total. The average Bonchev–Trinajstić information content (AvgIpc) is 2.93. The van der Waals surface area contributed by atoms with Gasteiger partial charge in [0.25, 0.3) is 0 Å². The molecule has 4 atom stereocenters. The molecule has 2 bridgehead atoms. The molecule has 2 saturated heterocycles. The van der Waals surface area contributed by atoms with Gasteiger partial charge in [-0.05, 0) is 37.8 Å². The number of halogens is 2. The van der Waals surface area contributed by atoms with E-state index in [1.807, 2.05) is 6.07 Å². The first-order valence-corrected chi connectivity index (χ1v) is 7.57. The van der Waals surface area contributed by atoms with E-state index < -0.39 is 0 Å². The van der Waals surface area contributed by atoms with E-state index in [9.17, 15) is 0 Å². The van der Waals surface area contributed by atoms with E-state index in [4.69, 9.17) is 27.9 Å². The standard InChI is InChI=1S/C12H15Cl2NOS/c1-6(8-5-11(13)17-12(8)14)15-9-4-7-2-3-10(9)16-7/h5-7,9-10,15H,2-4H2,1H3. The fourth-order valence-corrected chi connectivity index (χ4v) is 4.52. The number of hydrogen-bond donors (Lipinski definition) is 1. The maximum Gasteiger partial charge on any atom is 0.0991 e. The summed E-state index contributed by atoms with van der Waals surface area (Å²) in [5.74, 6) is 0. The van der Waals surface area contributed by atoms with E-state index in [1.165, 1.54) is 24.2 Å². The fraction of sp³-hybridized carbons (Fsp3) is 0.667. The molecule has 2 aliphatic heterocycles. The summed E-state index contributed by atoms with van der Waals surface area (Å²) >= 11 is 13.6. The fourth-order valence-electron chi connectivity index (χ4n) is 2.87. The molecule has 4 unspecified atom stereocenters. The van der Waals surface area contributed by atoms with Gasteiger partial charge in [-0.3, -0.25) is 0 Å². The Bertz CT molecular complexity index is 423. The lowest BCUT2D eigenvalue weighted by atomic mass is 9.94. The number of fused-ring (bicyclic) bond motifs is 2. The molecule has 0 aromatic carbocycles. The Balaban J connectivity index is 1.67. The predicted octanol–water partition coefficient (Wildman–Crippen LogP) is 4.03. The minimum absolute atomic E-state index is 0.235. The van der Waals surface area contributed by atoms with Crippen molar-refractivity contribution in [2.45, 2.75) is 50.5 Å². The Morgan fingerprint density at radius 1 is 1.47 bits per heavy atom. The third-order valence-electron chi connectivity index (χ3n) is 3.72. The molecule has 0 spiro atoms. The number of nitrogens with one attached hydrogen (secondary N) is 1. The van der Waals surface area contributed by atoms with Crippen LogP contribution in [-0.2, 0) is 4.74 Å². The van der Waals surface area contributed by atoms with Gasteiger partial charge in [0.05, 0.1) is 20.9 Å². The quantitative estimate of drug-likeness (QED) is 0.908. The molecule has 1 N–H and O–H groups in total. The minimum Gasteiger partial charge on any atom is -0.373 e. The van der Waals surface area contributed by atoms with Gasteiger partial charge in [-0.2, -0.15) is 0 Å². The first-order valence-electron chi connectivity index (χ1n) is 5.99. The molecule has 3 heterocycles. The van der Waals surface area contributed by atoms with E-state index in [0.717, 1.165) is 20.7 Å². The van der Waals surface area contributed by atoms with E-state index in [2.05, 4.69) is 12.2 Å². The summed E-state index contributed by atoms with van der Waals surface area (Å²) in [6.45, 7) is 2.14. The van der Waals surface area contributed by atoms with Gasteiger partial charge >= 0.3 is 0 Å². The van der Waals surface area contributed by atoms with Crippen molar-refractivity contribution in [2.24, 2.45) is 0 Å². The number of ether oxygens (including phenoxy) is 1. The van der Waals surface area contributed by atoms with Gasteiger partial charge in [-0.25, -0.2) is 0 Å². The summed E-state index contributed by atoms with van der Waals surface area (Å²) in [6.07, 6.45) is 4.42. The lowest BCUT2D eigenvalue weighted by Gasteiger charge is -2.24. The Labute approximate surface area is 115 Å². The third kappa shape index (κ3) is 2.36. The third-order valence-corrected chi connectivity index (χ3v) is 5.24. The Kier molecular flexibility index (Phi) is 3.39. The van der Waals surface area contributed by atoms with Crippen LogP contribution >= 0.6 is 34.5 Å². The van der Waals surface area contributed by atoms with Crippen molar-refractivity contribution >= 4 is 34.5 Å². The van der Waals surface area contributed by atoms with E-state index in [0.29, 0.717) is 18.2 Å². The summed E-state index contributed by atoms with van der Waals surface area (Å²) < 4.78 is 7.38. The lowest BCUT2D eigenvalue weighted by Crippen LogP contribution is -2.38. The average molecular weight is 292 g/mol. The highest BCUT2D eigenvalue weighted by molar-refractivity contribution is 7.20. The van der Waals surface area contributed by atoms with Crippen molar-refractivity contribution in [3.63, 3.8) is 0 Å². The van der Waals surface area contributed by atoms with Crippen LogP contribution in [0, 0.1) is 0 Å². The van der Waals surface area contributed by atoms with Gasteiger partial charge in [-0.15, -0.1) is 11.3 Å². The van der Waals surface area contributed by atoms with Crippen LogP contribution in [0.2, 0.25) is 8.67 Å². The van der Waals surface area contributed by atoms with E-state index in [1.54, 1.807) is 0 Å². The first-order chi connectivity index (χ1) is 8.13. The van der Waals surface area contributed by atoms with Crippen molar-refractivity contribution in [1.82, 2.24) is 5.32 Å². The molecule has 17 heavy (non-hydrogen) atoms. The van der Waals surface area contributed by atoms with Gasteiger partial charge in [0.15, 0.2) is 0 Å². The highest BCUT2D eigenvalue weighted by Crippen LogP contribution is 2.38. The van der Waals surface area contributed by atoms with Gasteiger partial charge in [0.1, 0.15) is 0 Å². The molecular formula is C12H15Cl2NOS. The monoisotopic (exact) mass is 291 g/mol. The summed E-state index contributed by atoms with van der Waals surface area (Å²) in [6, 6.07) is 2.66. The van der Waals surface area contributed by atoms with E-state index in [-0.39, 0.29) is 6.04 Å². The molecule has 1 aromatic heterocycles. The Morgan fingerprint density at radius 3 is 2.82 bits per heavy atom. The summed E-state index contributed by atoms with van der Waals surface area (Å²) in [5.41, 5.74) is 1.10. The second kappa shape index (κ2) is 4.71. The van der Waals surface area contributed by atoms with Crippen LogP contribution in [0.5, 0.6) is 0 Å². The van der Waals surface area contributed by atoms with E-state index >= 15 is 0 Å². The van der Waals surface area contributed by atoms with Crippen molar-refractivity contribution in [3.8, 4) is 0 Å². The summed E-state index contributed by atoms with van der Waals surface area (Å²) in [5, 5.41) is 3.62. The Hall–Kier alpha value is 0.200. The van der Waals surface area contributed by atoms with Crippen molar-refractivity contribution < 1.29 is 4.74 Å². The number of rotatable bonds is 3. The molecule has 0 aliphatic carbocycles. The Morgan fingerprint density at radius 2 is 2.29 bits per heavy atom. The van der Waals surface area contributed by atoms with Crippen molar-refractivity contribution in [3.05, 3.63) is 20.3 Å². The van der Waals surface area contributed by atoms with Crippen LogP contribution in [0.25, 0.3) is 0 Å². The maximum atomic E-state index is 6.17. The second-order valence-corrected chi connectivity index (χ2v) is 7.17. The lowest BCUT2D eigenvalue weighted by molar-refractivity contribution is 0.0963. The van der Waals surface area contributed by atoms with Gasteiger partial charge in [0.2, 0.25) is 0 Å². The highest BCUT2D eigenvalue weighted by Gasteiger charge is 2.41. The zero-order chi connectivity index (χ0) is 12.0. The zero-order valence-corrected chi connectivity index (χ0v) is 11.9. The molecule has 0 saturated carbocycles. The molecule has 3 rings (SSSR count). The van der Waals surface area contributed by atoms with Crippen LogP contribution in [-0.4, -0.2) is 18.2 Å². The molecule has 2 aliphatic rings. The maximum absolute atomic E-state index is 6.17. The highest BCUT2D eigenvalue weighted by atomic mass is 35.5. The first kappa shape index (κ1) is 12.2. The van der Waals surface area contributed by atoms with Gasteiger partial charge in [-0.1, -0.05) is 23.2 Å². The normalized spacial score (nSPS) is 33.2. The van der Waals surface area contributed by atoms with Crippen LogP contribution in [0.3, 0.4) is 0 Å². The van der Waals surface area contributed by atoms with Crippen LogP contribution in [0.4, 0.5) is 0 Å². The van der Waals surface area contributed by atoms with Gasteiger partial charge < -0.3 is 10.1 Å². The largest absolute Gasteiger partial charge is 0.373 e. The number of thiophene rings is 1. The zero-order valence-electron chi connectivity index (χ0n) is 9.58. The predicted molar refractivity (Wildman–Crippen MR) is 72.2 cm³/mol. The summed E-state index contributed by atoms with van der Waals surface area (Å²) in [4.78, 5) is 0. The molecular weight excluding hydrogens is 277 g/mol. The van der Waals surface area contributed by atoms with Crippen molar-refractivity contribution in [1.29, 1.82) is 0 Å². The SMILES string of the molecule is CC(NC1CC2CCC1O2)c1cc(Cl)sc1Cl. The molecule has 94 valence electrons. The summed E-state index contributed by atoms with van der Waals surface area (Å²) in [7, 11) is 0. The van der Waals surface area contributed by atoms with Crippen molar-refractivity contribution in [2.75, 3.05) is 0 Å². The van der Waals surface area contributed by atoms with Crippen LogP contribution in [0.1, 0.15) is 37.8 Å². The van der Waals surface area contributed by atoms with Crippen LogP contribution in [0.15, 0.2) is 6.07 Å². The molecule has 0 radical (unpaired) electrons. The van der Waals surface area contributed by atoms with Gasteiger partial charge in [0, 0.05) is 12.1 Å². The number of hydrogen-bond acceptors (Lipinski definition) is 3. The molecule has 0 amide bonds. The van der Waals surface area contributed by atoms with Crippen LogP contribution < -0.4 is 5.32 Å². The molecule has 5 heteroatoms. The topological polar surface area (TPSA) is 21.3 Å². The minimum atomic E-state index is 0.235. The second-order valence-electron chi connectivity index (χ2n) is 4.88. The molecule has 2 fully saturated rings. The molecule has 1 aromatic rings. The smallest absolute Gasteiger partial charge is 0.0991 e.